The first-order valence-electron chi connectivity index (χ1n) is 14.2. The molecular weight excluding hydrogens is 568 g/mol. The van der Waals surface area contributed by atoms with Gasteiger partial charge < -0.3 is 15.7 Å². The molecule has 3 N–H and O–H groups in total. The smallest absolute Gasteiger partial charge is 0.328 e. The van der Waals surface area contributed by atoms with Crippen molar-refractivity contribution in [3.05, 3.63) is 84.4 Å². The van der Waals surface area contributed by atoms with E-state index in [9.17, 15) is 27.9 Å². The van der Waals surface area contributed by atoms with E-state index in [-0.39, 0.29) is 24.7 Å². The molecule has 2 saturated carbocycles. The molecule has 0 saturated heterocycles. The Bertz CT molecular complexity index is 1670. The number of nitrogens with one attached hydrogen (secondary N) is 2. The molecule has 11 heteroatoms. The third-order valence-electron chi connectivity index (χ3n) is 9.39. The quantitative estimate of drug-likeness (QED) is 0.254. The number of carboxylic acid groups (broad SMARTS) is 1. The van der Waals surface area contributed by atoms with E-state index in [1.807, 2.05) is 50.2 Å². The lowest BCUT2D eigenvalue weighted by Crippen LogP contribution is -2.49. The lowest BCUT2D eigenvalue weighted by Gasteiger charge is -2.40. The molecule has 5 rings (SSSR count). The molecule has 2 aliphatic carbocycles. The minimum Gasteiger partial charge on any atom is -0.480 e. The van der Waals surface area contributed by atoms with E-state index < -0.39 is 39.4 Å². The van der Waals surface area contributed by atoms with Crippen LogP contribution in [0.1, 0.15) is 38.7 Å². The number of fused-ring (bicyclic) bond motifs is 2. The average Bonchev–Trinajstić information content (AvgIpc) is 3.31. The number of nitrogens with zero attached hydrogens (tertiary/aromatic N) is 2. The summed E-state index contributed by atoms with van der Waals surface area (Å²) in [6, 6.07) is 21.8. The van der Waals surface area contributed by atoms with Gasteiger partial charge in [0.05, 0.1) is 5.69 Å². The number of rotatable bonds is 10. The van der Waals surface area contributed by atoms with E-state index in [0.29, 0.717) is 29.8 Å². The van der Waals surface area contributed by atoms with Crippen LogP contribution in [0.25, 0.3) is 11.1 Å². The summed E-state index contributed by atoms with van der Waals surface area (Å²) in [4.78, 5) is 38.4. The van der Waals surface area contributed by atoms with E-state index >= 15 is 0 Å². The molecule has 2 aliphatic rings. The Kier molecular flexibility index (Phi) is 8.48. The van der Waals surface area contributed by atoms with Crippen LogP contribution in [-0.4, -0.2) is 48.9 Å². The predicted molar refractivity (Wildman–Crippen MR) is 163 cm³/mol. The fourth-order valence-corrected chi connectivity index (χ4v) is 7.06. The number of anilines is 2. The highest BCUT2D eigenvalue weighted by Gasteiger charge is 2.64. The van der Waals surface area contributed by atoms with Crippen LogP contribution in [0.5, 0.6) is 0 Å². The molecule has 2 bridgehead atoms. The molecule has 0 heterocycles. The summed E-state index contributed by atoms with van der Waals surface area (Å²) in [6.45, 7) is 3.84. The number of amides is 2. The Hall–Kier alpha value is -4.35. The number of para-hydroxylation sites is 1. The van der Waals surface area contributed by atoms with Crippen molar-refractivity contribution in [2.24, 2.45) is 21.2 Å². The van der Waals surface area contributed by atoms with E-state index in [2.05, 4.69) is 15.1 Å². The zero-order valence-electron chi connectivity index (χ0n) is 24.0. The molecule has 2 fully saturated rings. The van der Waals surface area contributed by atoms with E-state index in [1.54, 1.807) is 42.5 Å². The Balaban J connectivity index is 1.46. The number of benzene rings is 3. The highest BCUT2D eigenvalue weighted by atomic mass is 32.2. The van der Waals surface area contributed by atoms with Gasteiger partial charge in [-0.3, -0.25) is 9.59 Å². The van der Waals surface area contributed by atoms with Crippen molar-refractivity contribution in [3.63, 3.8) is 0 Å². The van der Waals surface area contributed by atoms with Crippen molar-refractivity contribution < 1.29 is 27.9 Å². The number of hydrogen-bond donors (Lipinski definition) is 3. The standard InChI is InChI=1S/C32H34N4O6S/c1-31-16-15-23(19-28(31)37)32(31,2)20-36(35-43(41)42)27(29(38)39)18-21-13-14-25(22-9-5-3-6-10-22)26(17-21)34-30(40)33-24-11-7-4-8-12-24/h3-14,17,23,27H,15-16,18-20H2,1-2H3,(H,38,39)(H2,33,34,40)/t23-,27?,31+,32-/m0/s1. The fourth-order valence-electron chi connectivity index (χ4n) is 6.71. The van der Waals surface area contributed by atoms with Gasteiger partial charge in [0, 0.05) is 36.1 Å². The summed E-state index contributed by atoms with van der Waals surface area (Å²) in [7, 11) is -2.91. The van der Waals surface area contributed by atoms with E-state index in [1.165, 1.54) is 0 Å². The summed E-state index contributed by atoms with van der Waals surface area (Å²) in [5.74, 6) is -1.09. The molecule has 224 valence electrons. The van der Waals surface area contributed by atoms with Crippen molar-refractivity contribution in [1.29, 1.82) is 0 Å². The first kappa shape index (κ1) is 30.1. The number of ketones is 1. The second-order valence-electron chi connectivity index (χ2n) is 11.8. The largest absolute Gasteiger partial charge is 0.480 e. The monoisotopic (exact) mass is 602 g/mol. The van der Waals surface area contributed by atoms with E-state index in [4.69, 9.17) is 0 Å². The summed E-state index contributed by atoms with van der Waals surface area (Å²) < 4.78 is 27.3. The van der Waals surface area contributed by atoms with Crippen molar-refractivity contribution in [3.8, 4) is 11.1 Å². The lowest BCUT2D eigenvalue weighted by molar-refractivity contribution is -0.144. The summed E-state index contributed by atoms with van der Waals surface area (Å²) in [5, 5.41) is 17.1. The molecule has 3 aromatic carbocycles. The molecule has 4 atom stereocenters. The van der Waals surface area contributed by atoms with Crippen LogP contribution in [0.4, 0.5) is 16.2 Å². The molecule has 1 unspecified atom stereocenters. The van der Waals surface area contributed by atoms with Gasteiger partial charge in [-0.15, -0.1) is 0 Å². The summed E-state index contributed by atoms with van der Waals surface area (Å²) in [5.41, 5.74) is 1.90. The Morgan fingerprint density at radius 2 is 1.70 bits per heavy atom. The van der Waals surface area contributed by atoms with E-state index in [0.717, 1.165) is 22.6 Å². The van der Waals surface area contributed by atoms with Gasteiger partial charge in [0.1, 0.15) is 11.8 Å². The molecule has 0 spiro atoms. The number of carboxylic acids is 1. The van der Waals surface area contributed by atoms with Gasteiger partial charge in [-0.25, -0.2) is 4.79 Å². The minimum atomic E-state index is -2.91. The maximum Gasteiger partial charge on any atom is 0.328 e. The zero-order chi connectivity index (χ0) is 30.8. The third kappa shape index (κ3) is 6.09. The van der Waals surface area contributed by atoms with Gasteiger partial charge >= 0.3 is 22.5 Å². The van der Waals surface area contributed by atoms with Crippen molar-refractivity contribution in [1.82, 2.24) is 5.01 Å². The molecule has 10 nitrogen and oxygen atoms in total. The van der Waals surface area contributed by atoms with Crippen LogP contribution in [0.2, 0.25) is 0 Å². The molecule has 3 aromatic rings. The molecule has 0 aromatic heterocycles. The van der Waals surface area contributed by atoms with Crippen LogP contribution in [0, 0.1) is 16.7 Å². The number of Topliss-reactive ketones (excluding diaryl/α,β-unsaturated/α-hetero) is 1. The van der Waals surface area contributed by atoms with Gasteiger partial charge in [-0.05, 0) is 53.5 Å². The van der Waals surface area contributed by atoms with Gasteiger partial charge in [-0.2, -0.15) is 13.4 Å². The highest BCUT2D eigenvalue weighted by Crippen LogP contribution is 2.64. The first-order chi connectivity index (χ1) is 20.5. The second kappa shape index (κ2) is 12.1. The maximum atomic E-state index is 13.0. The molecular formula is C32H34N4O6S. The van der Waals surface area contributed by atoms with Crippen LogP contribution in [0.15, 0.2) is 83.3 Å². The van der Waals surface area contributed by atoms with Crippen molar-refractivity contribution >= 4 is 39.7 Å². The second-order valence-corrected chi connectivity index (χ2v) is 12.4. The number of carbonyl (C=O) groups excluding carboxylic acids is 2. The number of carbonyl (C=O) groups is 3. The van der Waals surface area contributed by atoms with Gasteiger partial charge in [-0.1, -0.05) is 79.0 Å². The summed E-state index contributed by atoms with van der Waals surface area (Å²) in [6.07, 6.45) is 1.82. The van der Waals surface area contributed by atoms with Crippen molar-refractivity contribution in [2.45, 2.75) is 45.6 Å². The van der Waals surface area contributed by atoms with Crippen LogP contribution in [-0.2, 0) is 26.5 Å². The Labute approximate surface area is 251 Å². The lowest BCUT2D eigenvalue weighted by atomic mass is 9.68. The molecule has 43 heavy (non-hydrogen) atoms. The van der Waals surface area contributed by atoms with Gasteiger partial charge in [0.25, 0.3) is 0 Å². The van der Waals surface area contributed by atoms with Crippen molar-refractivity contribution in [2.75, 3.05) is 17.2 Å². The van der Waals surface area contributed by atoms with Gasteiger partial charge in [0.15, 0.2) is 0 Å². The topological polar surface area (TPSA) is 145 Å². The molecule has 2 amide bonds. The zero-order valence-corrected chi connectivity index (χ0v) is 24.8. The van der Waals surface area contributed by atoms with Gasteiger partial charge in [0.2, 0.25) is 0 Å². The number of hydrogen-bond acceptors (Lipinski definition) is 6. The molecule has 0 aliphatic heterocycles. The average molecular weight is 603 g/mol. The summed E-state index contributed by atoms with van der Waals surface area (Å²) >= 11 is 0. The number of aliphatic carboxylic acids is 1. The van der Waals surface area contributed by atoms with Crippen LogP contribution < -0.4 is 10.6 Å². The predicted octanol–water partition coefficient (Wildman–Crippen LogP) is 5.67. The first-order valence-corrected chi connectivity index (χ1v) is 15.2. The highest BCUT2D eigenvalue weighted by molar-refractivity contribution is 7.61. The van der Waals surface area contributed by atoms with Crippen LogP contribution >= 0.6 is 0 Å². The fraction of sp³-hybridized carbons (Fsp3) is 0.344. The van der Waals surface area contributed by atoms with Crippen LogP contribution in [0.3, 0.4) is 0 Å². The SMILES string of the molecule is C[C@]1(CN(N=S(=O)=O)C(Cc2ccc(-c3ccccc3)c(NC(=O)Nc3ccccc3)c2)C(=O)O)[C@H]2CC[C@]1(C)C(=O)C2. The molecule has 0 radical (unpaired) electrons. The minimum absolute atomic E-state index is 0.0114. The Morgan fingerprint density at radius 3 is 2.28 bits per heavy atom. The Morgan fingerprint density at radius 1 is 1.02 bits per heavy atom. The number of urea groups is 1. The normalized spacial score (nSPS) is 23.1. The third-order valence-corrected chi connectivity index (χ3v) is 9.73. The maximum absolute atomic E-state index is 13.0.